The van der Waals surface area contributed by atoms with Crippen LogP contribution in [0.2, 0.25) is 0 Å². The average Bonchev–Trinajstić information content (AvgIpc) is 2.17. The summed E-state index contributed by atoms with van der Waals surface area (Å²) in [6, 6.07) is 4.56. The average molecular weight is 212 g/mol. The second-order valence-electron chi connectivity index (χ2n) is 3.87. The number of ether oxygens (including phenoxy) is 1. The number of halogens is 1. The van der Waals surface area contributed by atoms with Crippen LogP contribution in [0.4, 0.5) is 4.39 Å². The first-order valence-electron chi connectivity index (χ1n) is 5.07. The molecule has 0 bridgehead atoms. The molecule has 0 unspecified atom stereocenters. The SMILES string of the molecule is CCC[C@@](C)(O)c1ccc(OC)c(F)c1. The summed E-state index contributed by atoms with van der Waals surface area (Å²) in [5.74, 6) is -0.238. The molecular weight excluding hydrogens is 195 g/mol. The van der Waals surface area contributed by atoms with Gasteiger partial charge in [0.15, 0.2) is 11.6 Å². The van der Waals surface area contributed by atoms with Gasteiger partial charge in [0.05, 0.1) is 12.7 Å². The molecule has 1 N–H and O–H groups in total. The van der Waals surface area contributed by atoms with Crippen molar-refractivity contribution in [1.29, 1.82) is 0 Å². The fourth-order valence-corrected chi connectivity index (χ4v) is 1.63. The first-order valence-corrected chi connectivity index (χ1v) is 5.07. The lowest BCUT2D eigenvalue weighted by atomic mass is 9.91. The molecule has 2 nitrogen and oxygen atoms in total. The maximum atomic E-state index is 13.4. The minimum atomic E-state index is -0.970. The molecule has 1 rings (SSSR count). The van der Waals surface area contributed by atoms with Gasteiger partial charge in [-0.05, 0) is 31.0 Å². The molecule has 0 radical (unpaired) electrons. The van der Waals surface area contributed by atoms with E-state index in [0.29, 0.717) is 12.0 Å². The van der Waals surface area contributed by atoms with Crippen LogP contribution in [-0.2, 0) is 5.60 Å². The van der Waals surface area contributed by atoms with E-state index in [1.54, 1.807) is 13.0 Å². The van der Waals surface area contributed by atoms with Gasteiger partial charge in [0, 0.05) is 0 Å². The Balaban J connectivity index is 3.01. The van der Waals surface area contributed by atoms with E-state index in [0.717, 1.165) is 6.42 Å². The summed E-state index contributed by atoms with van der Waals surface area (Å²) in [7, 11) is 1.42. The van der Waals surface area contributed by atoms with E-state index < -0.39 is 11.4 Å². The Kier molecular flexibility index (Phi) is 3.69. The molecular formula is C12H17FO2. The molecule has 0 aliphatic heterocycles. The smallest absolute Gasteiger partial charge is 0.165 e. The molecule has 0 saturated carbocycles. The van der Waals surface area contributed by atoms with E-state index in [4.69, 9.17) is 4.74 Å². The topological polar surface area (TPSA) is 29.5 Å². The standard InChI is InChI=1S/C12H17FO2/c1-4-7-12(2,14)9-5-6-11(15-3)10(13)8-9/h5-6,8,14H,4,7H2,1-3H3/t12-/m1/s1. The highest BCUT2D eigenvalue weighted by Gasteiger charge is 2.22. The fourth-order valence-electron chi connectivity index (χ4n) is 1.63. The van der Waals surface area contributed by atoms with Crippen LogP contribution in [-0.4, -0.2) is 12.2 Å². The van der Waals surface area contributed by atoms with Crippen molar-refractivity contribution in [1.82, 2.24) is 0 Å². The summed E-state index contributed by atoms with van der Waals surface area (Å²) >= 11 is 0. The number of rotatable bonds is 4. The van der Waals surface area contributed by atoms with E-state index in [1.807, 2.05) is 6.92 Å². The minimum absolute atomic E-state index is 0.200. The van der Waals surface area contributed by atoms with Crippen LogP contribution < -0.4 is 4.74 Å². The first-order chi connectivity index (χ1) is 7.01. The second-order valence-corrected chi connectivity index (χ2v) is 3.87. The van der Waals surface area contributed by atoms with Crippen molar-refractivity contribution >= 4 is 0 Å². The molecule has 0 aromatic heterocycles. The molecule has 15 heavy (non-hydrogen) atoms. The van der Waals surface area contributed by atoms with Crippen LogP contribution >= 0.6 is 0 Å². The summed E-state index contributed by atoms with van der Waals surface area (Å²) < 4.78 is 18.2. The molecule has 0 amide bonds. The third-order valence-corrected chi connectivity index (χ3v) is 2.51. The fraction of sp³-hybridized carbons (Fsp3) is 0.500. The Morgan fingerprint density at radius 1 is 1.47 bits per heavy atom. The molecule has 3 heteroatoms. The van der Waals surface area contributed by atoms with Crippen LogP contribution in [0.3, 0.4) is 0 Å². The van der Waals surface area contributed by atoms with Crippen molar-refractivity contribution in [2.45, 2.75) is 32.3 Å². The molecule has 0 aliphatic carbocycles. The van der Waals surface area contributed by atoms with Gasteiger partial charge in [-0.3, -0.25) is 0 Å². The first kappa shape index (κ1) is 12.0. The van der Waals surface area contributed by atoms with Crippen LogP contribution in [0, 0.1) is 5.82 Å². The molecule has 1 aromatic rings. The van der Waals surface area contributed by atoms with Crippen LogP contribution in [0.1, 0.15) is 32.3 Å². The Bertz CT molecular complexity index is 334. The van der Waals surface area contributed by atoms with E-state index in [1.165, 1.54) is 19.2 Å². The van der Waals surface area contributed by atoms with Crippen molar-refractivity contribution in [2.24, 2.45) is 0 Å². The van der Waals surface area contributed by atoms with Crippen molar-refractivity contribution in [3.63, 3.8) is 0 Å². The van der Waals surface area contributed by atoms with E-state index in [2.05, 4.69) is 0 Å². The lowest BCUT2D eigenvalue weighted by molar-refractivity contribution is 0.0466. The Morgan fingerprint density at radius 2 is 2.13 bits per heavy atom. The van der Waals surface area contributed by atoms with Gasteiger partial charge in [0.1, 0.15) is 0 Å². The van der Waals surface area contributed by atoms with Gasteiger partial charge in [-0.15, -0.1) is 0 Å². The van der Waals surface area contributed by atoms with E-state index in [9.17, 15) is 9.50 Å². The van der Waals surface area contributed by atoms with Gasteiger partial charge in [-0.1, -0.05) is 19.4 Å². The molecule has 0 heterocycles. The highest BCUT2D eigenvalue weighted by Crippen LogP contribution is 2.29. The van der Waals surface area contributed by atoms with Gasteiger partial charge in [-0.25, -0.2) is 4.39 Å². The van der Waals surface area contributed by atoms with Crippen LogP contribution in [0.5, 0.6) is 5.75 Å². The summed E-state index contributed by atoms with van der Waals surface area (Å²) in [4.78, 5) is 0. The Hall–Kier alpha value is -1.09. The second kappa shape index (κ2) is 4.62. The number of hydrogen-bond acceptors (Lipinski definition) is 2. The molecule has 0 fully saturated rings. The Labute approximate surface area is 89.7 Å². The number of methoxy groups -OCH3 is 1. The molecule has 0 aliphatic rings. The zero-order valence-electron chi connectivity index (χ0n) is 9.38. The third kappa shape index (κ3) is 2.69. The van der Waals surface area contributed by atoms with Gasteiger partial charge < -0.3 is 9.84 Å². The predicted molar refractivity (Wildman–Crippen MR) is 57.4 cm³/mol. The number of aliphatic hydroxyl groups is 1. The largest absolute Gasteiger partial charge is 0.494 e. The van der Waals surface area contributed by atoms with Crippen molar-refractivity contribution < 1.29 is 14.2 Å². The van der Waals surface area contributed by atoms with E-state index >= 15 is 0 Å². The molecule has 0 saturated heterocycles. The van der Waals surface area contributed by atoms with Crippen molar-refractivity contribution in [2.75, 3.05) is 7.11 Å². The third-order valence-electron chi connectivity index (χ3n) is 2.51. The normalized spacial score (nSPS) is 14.7. The summed E-state index contributed by atoms with van der Waals surface area (Å²) in [5, 5.41) is 10.1. The lowest BCUT2D eigenvalue weighted by Gasteiger charge is -2.23. The quantitative estimate of drug-likeness (QED) is 0.831. The predicted octanol–water partition coefficient (Wildman–Crippen LogP) is 2.84. The van der Waals surface area contributed by atoms with Crippen molar-refractivity contribution in [3.8, 4) is 5.75 Å². The summed E-state index contributed by atoms with van der Waals surface area (Å²) in [6.07, 6.45) is 1.46. The number of benzene rings is 1. The molecule has 0 spiro atoms. The molecule has 84 valence electrons. The van der Waals surface area contributed by atoms with Crippen LogP contribution in [0.25, 0.3) is 0 Å². The minimum Gasteiger partial charge on any atom is -0.494 e. The van der Waals surface area contributed by atoms with Gasteiger partial charge in [0.25, 0.3) is 0 Å². The zero-order valence-corrected chi connectivity index (χ0v) is 9.38. The maximum absolute atomic E-state index is 13.4. The molecule has 1 atom stereocenters. The van der Waals surface area contributed by atoms with Gasteiger partial charge in [-0.2, -0.15) is 0 Å². The maximum Gasteiger partial charge on any atom is 0.165 e. The van der Waals surface area contributed by atoms with Gasteiger partial charge in [0.2, 0.25) is 0 Å². The molecule has 1 aromatic carbocycles. The van der Waals surface area contributed by atoms with Crippen molar-refractivity contribution in [3.05, 3.63) is 29.6 Å². The summed E-state index contributed by atoms with van der Waals surface area (Å²) in [6.45, 7) is 3.67. The zero-order chi connectivity index (χ0) is 11.5. The van der Waals surface area contributed by atoms with E-state index in [-0.39, 0.29) is 5.75 Å². The highest BCUT2D eigenvalue weighted by molar-refractivity contribution is 5.32. The monoisotopic (exact) mass is 212 g/mol. The number of hydrogen-bond donors (Lipinski definition) is 1. The van der Waals surface area contributed by atoms with Gasteiger partial charge >= 0.3 is 0 Å². The highest BCUT2D eigenvalue weighted by atomic mass is 19.1. The Morgan fingerprint density at radius 3 is 2.60 bits per heavy atom. The van der Waals surface area contributed by atoms with Crippen LogP contribution in [0.15, 0.2) is 18.2 Å². The lowest BCUT2D eigenvalue weighted by Crippen LogP contribution is -2.20. The summed E-state index contributed by atoms with van der Waals surface area (Å²) in [5.41, 5.74) is -0.385.